The van der Waals surface area contributed by atoms with E-state index in [2.05, 4.69) is 123 Å². The first-order chi connectivity index (χ1) is 28.6. The van der Waals surface area contributed by atoms with E-state index in [0.717, 1.165) is 89.9 Å². The molecule has 0 bridgehead atoms. The van der Waals surface area contributed by atoms with E-state index in [-0.39, 0.29) is 32.2 Å². The van der Waals surface area contributed by atoms with Crippen LogP contribution in [-0.2, 0) is 27.9 Å². The van der Waals surface area contributed by atoms with Crippen LogP contribution in [0.15, 0.2) is 109 Å². The summed E-state index contributed by atoms with van der Waals surface area (Å²) in [4.78, 5) is 22.9. The van der Waals surface area contributed by atoms with Crippen molar-refractivity contribution in [1.82, 2.24) is 0 Å². The number of nitrogens with zero attached hydrogens (tertiary/aromatic N) is 1. The zero-order chi connectivity index (χ0) is 43.4. The van der Waals surface area contributed by atoms with Gasteiger partial charge in [-0.25, -0.2) is 4.57 Å². The minimum absolute atomic E-state index is 0.0688. The summed E-state index contributed by atoms with van der Waals surface area (Å²) >= 11 is 0. The summed E-state index contributed by atoms with van der Waals surface area (Å²) in [5.41, 5.74) is 0. The Morgan fingerprint density at radius 2 is 0.932 bits per heavy atom. The number of hydrogen-bond acceptors (Lipinski definition) is 6. The van der Waals surface area contributed by atoms with Crippen LogP contribution in [0.3, 0.4) is 0 Å². The van der Waals surface area contributed by atoms with Crippen LogP contribution < -0.4 is 0 Å². The van der Waals surface area contributed by atoms with Crippen molar-refractivity contribution in [2.45, 2.75) is 148 Å². The average Bonchev–Trinajstić information content (AvgIpc) is 3.19. The molecule has 2 unspecified atom stereocenters. The lowest BCUT2D eigenvalue weighted by molar-refractivity contribution is -0.870. The van der Waals surface area contributed by atoms with Gasteiger partial charge in [-0.2, -0.15) is 0 Å². The third-order valence-corrected chi connectivity index (χ3v) is 9.81. The maximum absolute atomic E-state index is 12.7. The van der Waals surface area contributed by atoms with Gasteiger partial charge in [-0.15, -0.1) is 0 Å². The molecule has 0 aliphatic carbocycles. The molecule has 0 aliphatic rings. The van der Waals surface area contributed by atoms with Crippen LogP contribution in [0.4, 0.5) is 0 Å². The number of esters is 1. The van der Waals surface area contributed by atoms with Gasteiger partial charge in [0.15, 0.2) is 0 Å². The van der Waals surface area contributed by atoms with Crippen LogP contribution in [0, 0.1) is 0 Å². The van der Waals surface area contributed by atoms with E-state index >= 15 is 0 Å². The van der Waals surface area contributed by atoms with E-state index in [1.165, 1.54) is 25.7 Å². The molecule has 0 amide bonds. The van der Waals surface area contributed by atoms with Crippen molar-refractivity contribution in [2.75, 3.05) is 54.1 Å². The summed E-state index contributed by atoms with van der Waals surface area (Å²) in [6, 6.07) is 0. The van der Waals surface area contributed by atoms with Crippen molar-refractivity contribution in [1.29, 1.82) is 0 Å². The number of likely N-dealkylation sites (N-methyl/N-ethyl adjacent to an activating group) is 1. The molecule has 0 radical (unpaired) electrons. The van der Waals surface area contributed by atoms with Gasteiger partial charge < -0.3 is 18.9 Å². The van der Waals surface area contributed by atoms with Gasteiger partial charge in [-0.3, -0.25) is 13.8 Å². The number of allylic oxidation sites excluding steroid dienone is 18. The zero-order valence-electron chi connectivity index (χ0n) is 37.9. The highest BCUT2D eigenvalue weighted by atomic mass is 31.2. The molecule has 0 spiro atoms. The van der Waals surface area contributed by atoms with Crippen LogP contribution >= 0.6 is 7.82 Å². The van der Waals surface area contributed by atoms with Crippen LogP contribution in [-0.4, -0.2) is 75.6 Å². The van der Waals surface area contributed by atoms with Crippen LogP contribution in [0.5, 0.6) is 0 Å². The third-order valence-electron chi connectivity index (χ3n) is 8.83. The van der Waals surface area contributed by atoms with Crippen molar-refractivity contribution >= 4 is 13.8 Å². The van der Waals surface area contributed by atoms with Crippen LogP contribution in [0.1, 0.15) is 142 Å². The van der Waals surface area contributed by atoms with Gasteiger partial charge in [0.2, 0.25) is 0 Å². The monoisotopic (exact) mass is 843 g/mol. The van der Waals surface area contributed by atoms with Crippen molar-refractivity contribution in [3.8, 4) is 0 Å². The molecule has 1 N–H and O–H groups in total. The molecule has 0 saturated heterocycles. The van der Waals surface area contributed by atoms with E-state index < -0.39 is 13.9 Å². The second kappa shape index (κ2) is 41.9. The lowest BCUT2D eigenvalue weighted by Crippen LogP contribution is -2.37. The molecule has 8 nitrogen and oxygen atoms in total. The summed E-state index contributed by atoms with van der Waals surface area (Å²) in [7, 11) is 1.60. The molecule has 0 heterocycles. The molecule has 59 heavy (non-hydrogen) atoms. The zero-order valence-corrected chi connectivity index (χ0v) is 38.8. The Balaban J connectivity index is 4.36. The highest BCUT2D eigenvalue weighted by molar-refractivity contribution is 7.47. The van der Waals surface area contributed by atoms with E-state index in [0.29, 0.717) is 24.1 Å². The van der Waals surface area contributed by atoms with Gasteiger partial charge in [0.05, 0.1) is 34.4 Å². The van der Waals surface area contributed by atoms with Crippen molar-refractivity contribution in [2.24, 2.45) is 0 Å². The molecule has 0 aromatic carbocycles. The van der Waals surface area contributed by atoms with E-state index in [1.807, 2.05) is 21.1 Å². The normalized spacial score (nSPS) is 14.7. The Kier molecular flexibility index (Phi) is 39.9. The number of quaternary nitrogens is 1. The second-order valence-electron chi connectivity index (χ2n) is 15.7. The Morgan fingerprint density at radius 3 is 1.39 bits per heavy atom. The Morgan fingerprint density at radius 1 is 0.525 bits per heavy atom. The number of ether oxygens (including phenoxy) is 2. The molecule has 0 saturated carbocycles. The number of carbonyl (C=O) groups is 1. The predicted molar refractivity (Wildman–Crippen MR) is 251 cm³/mol. The van der Waals surface area contributed by atoms with Gasteiger partial charge in [0, 0.05) is 13.0 Å². The Bertz CT molecular complexity index is 1300. The van der Waals surface area contributed by atoms with E-state index in [9.17, 15) is 14.3 Å². The summed E-state index contributed by atoms with van der Waals surface area (Å²) < 4.78 is 34.9. The molecular formula is C50H85NO7P+. The highest BCUT2D eigenvalue weighted by Gasteiger charge is 2.26. The lowest BCUT2D eigenvalue weighted by Gasteiger charge is -2.24. The Labute approximate surface area is 361 Å². The molecule has 336 valence electrons. The van der Waals surface area contributed by atoms with Gasteiger partial charge in [-0.1, -0.05) is 155 Å². The summed E-state index contributed by atoms with van der Waals surface area (Å²) in [5, 5.41) is 0. The molecule has 0 aromatic heterocycles. The molecule has 0 fully saturated rings. The van der Waals surface area contributed by atoms with Gasteiger partial charge in [0.1, 0.15) is 19.3 Å². The number of phosphoric ester groups is 1. The summed E-state index contributed by atoms with van der Waals surface area (Å²) in [6.45, 7) is 5.25. The topological polar surface area (TPSA) is 91.3 Å². The highest BCUT2D eigenvalue weighted by Crippen LogP contribution is 2.43. The van der Waals surface area contributed by atoms with Crippen LogP contribution in [0.25, 0.3) is 0 Å². The average molecular weight is 843 g/mol. The quantitative estimate of drug-likeness (QED) is 0.0216. The molecule has 9 heteroatoms. The number of carbonyl (C=O) groups excluding carboxylic acids is 1. The SMILES string of the molecule is CC/C=C\C/C=C\C/C=C\C/C=C\C/C=C\CCCC(=O)OC(COCCCCCCCCC/C=C\C/C=C\C/C=C\C/C=C\CC)COP(=O)(O)OCC[N+](C)(C)C. The second-order valence-corrected chi connectivity index (χ2v) is 17.1. The molecular weight excluding hydrogens is 758 g/mol. The molecule has 0 aromatic rings. The lowest BCUT2D eigenvalue weighted by atomic mass is 10.1. The first-order valence-electron chi connectivity index (χ1n) is 22.6. The fraction of sp³-hybridized carbons (Fsp3) is 0.620. The smallest absolute Gasteiger partial charge is 0.457 e. The number of rotatable bonds is 40. The Hall–Kier alpha value is -2.84. The number of phosphoric acid groups is 1. The van der Waals surface area contributed by atoms with Crippen LogP contribution in [0.2, 0.25) is 0 Å². The van der Waals surface area contributed by atoms with Crippen molar-refractivity contribution < 1.29 is 37.3 Å². The molecule has 2 atom stereocenters. The van der Waals surface area contributed by atoms with Gasteiger partial charge in [-0.05, 0) is 89.9 Å². The number of unbranched alkanes of at least 4 members (excludes halogenated alkanes) is 8. The first kappa shape index (κ1) is 56.2. The summed E-state index contributed by atoms with van der Waals surface area (Å²) in [6.07, 6.45) is 58.5. The van der Waals surface area contributed by atoms with Crippen molar-refractivity contribution in [3.63, 3.8) is 0 Å². The summed E-state index contributed by atoms with van der Waals surface area (Å²) in [5.74, 6) is -0.379. The number of hydrogen-bond donors (Lipinski definition) is 1. The maximum atomic E-state index is 12.7. The molecule has 0 rings (SSSR count). The minimum Gasteiger partial charge on any atom is -0.457 e. The van der Waals surface area contributed by atoms with E-state index in [1.54, 1.807) is 0 Å². The third kappa shape index (κ3) is 46.1. The van der Waals surface area contributed by atoms with Gasteiger partial charge >= 0.3 is 13.8 Å². The fourth-order valence-electron chi connectivity index (χ4n) is 5.40. The fourth-order valence-corrected chi connectivity index (χ4v) is 6.14. The predicted octanol–water partition coefficient (Wildman–Crippen LogP) is 13.6. The minimum atomic E-state index is -4.30. The van der Waals surface area contributed by atoms with Gasteiger partial charge in [0.25, 0.3) is 0 Å². The van der Waals surface area contributed by atoms with E-state index in [4.69, 9.17) is 18.5 Å². The largest absolute Gasteiger partial charge is 0.472 e. The van der Waals surface area contributed by atoms with Crippen molar-refractivity contribution in [3.05, 3.63) is 109 Å². The first-order valence-corrected chi connectivity index (χ1v) is 24.1. The molecule has 0 aliphatic heterocycles. The maximum Gasteiger partial charge on any atom is 0.472 e. The standard InChI is InChI=1S/C50H84NO7P/c1-6-8-10-12-14-16-18-20-22-24-25-26-28-30-32-34-36-38-40-42-45-55-47-49(48-57-59(53,54)56-46-44-51(3,4)5)58-50(52)43-41-39-37-35-33-31-29-27-23-21-19-17-15-13-11-9-7-2/h8-11,14-17,20-23,25-26,29,31,35,37,49H,6-7,12-13,18-19,24,27-28,30,32-34,36,38-48H2,1-5H3/p+1/b10-8-,11-9-,16-14-,17-15-,22-20-,23-21-,26-25-,31-29-,37-35-.